The number of carboxylic acid groups (broad SMARTS) is 1. The van der Waals surface area contributed by atoms with E-state index in [1.54, 1.807) is 31.3 Å². The topological polar surface area (TPSA) is 79.3 Å². The zero-order valence-corrected chi connectivity index (χ0v) is 8.80. The number of pyridine rings is 1. The van der Waals surface area contributed by atoms with Gasteiger partial charge in [0.05, 0.1) is 0 Å². The van der Waals surface area contributed by atoms with Crippen molar-refractivity contribution >= 4 is 11.9 Å². The minimum atomic E-state index is -1.03. The summed E-state index contributed by atoms with van der Waals surface area (Å²) in [5, 5.41) is 11.5. The molecule has 5 nitrogen and oxygen atoms in total. The number of nitrogens with one attached hydrogen (secondary N) is 1. The lowest BCUT2D eigenvalue weighted by atomic mass is 9.79. The fraction of sp³-hybridized carbons (Fsp3) is 0.364. The Labute approximate surface area is 92.5 Å². The first-order chi connectivity index (χ1) is 7.54. The predicted molar refractivity (Wildman–Crippen MR) is 55.8 cm³/mol. The van der Waals surface area contributed by atoms with Gasteiger partial charge in [-0.3, -0.25) is 9.78 Å². The molecule has 1 aliphatic heterocycles. The molecular weight excluding hydrogens is 208 g/mol. The number of carbonyl (C=O) groups is 2. The smallest absolute Gasteiger partial charge is 0.327 e. The lowest BCUT2D eigenvalue weighted by Crippen LogP contribution is -2.45. The highest BCUT2D eigenvalue weighted by Gasteiger charge is 2.49. The van der Waals surface area contributed by atoms with Crippen LogP contribution in [-0.2, 0) is 15.0 Å². The maximum absolute atomic E-state index is 11.3. The fourth-order valence-electron chi connectivity index (χ4n) is 2.08. The SMILES string of the molecule is CC1(c2ccccn2)CC(=O)NC1C(=O)O. The first-order valence-electron chi connectivity index (χ1n) is 4.98. The summed E-state index contributed by atoms with van der Waals surface area (Å²) in [5.41, 5.74) is -0.148. The molecule has 1 fully saturated rings. The number of nitrogens with zero attached hydrogens (tertiary/aromatic N) is 1. The third-order valence-corrected chi connectivity index (χ3v) is 2.97. The van der Waals surface area contributed by atoms with Gasteiger partial charge in [-0.1, -0.05) is 13.0 Å². The first kappa shape index (κ1) is 10.6. The highest BCUT2D eigenvalue weighted by atomic mass is 16.4. The molecular formula is C11H12N2O3. The lowest BCUT2D eigenvalue weighted by Gasteiger charge is -2.26. The maximum Gasteiger partial charge on any atom is 0.327 e. The molecule has 84 valence electrons. The molecule has 0 aliphatic carbocycles. The molecule has 1 amide bonds. The van der Waals surface area contributed by atoms with Gasteiger partial charge in [0.15, 0.2) is 0 Å². The number of amides is 1. The Balaban J connectivity index is 2.43. The maximum atomic E-state index is 11.3. The molecule has 16 heavy (non-hydrogen) atoms. The first-order valence-corrected chi connectivity index (χ1v) is 4.98. The van der Waals surface area contributed by atoms with Crippen LogP contribution in [0.3, 0.4) is 0 Å². The summed E-state index contributed by atoms with van der Waals surface area (Å²) in [6, 6.07) is 4.38. The second-order valence-electron chi connectivity index (χ2n) is 4.15. The van der Waals surface area contributed by atoms with Crippen molar-refractivity contribution in [3.8, 4) is 0 Å². The molecule has 5 heteroatoms. The number of hydrogen-bond donors (Lipinski definition) is 2. The van der Waals surface area contributed by atoms with Crippen molar-refractivity contribution in [2.45, 2.75) is 24.8 Å². The van der Waals surface area contributed by atoms with E-state index in [1.807, 2.05) is 0 Å². The second kappa shape index (κ2) is 3.59. The van der Waals surface area contributed by atoms with Crippen LogP contribution in [0.4, 0.5) is 0 Å². The van der Waals surface area contributed by atoms with E-state index >= 15 is 0 Å². The largest absolute Gasteiger partial charge is 0.480 e. The van der Waals surface area contributed by atoms with E-state index < -0.39 is 17.4 Å². The van der Waals surface area contributed by atoms with Gasteiger partial charge in [-0.25, -0.2) is 4.79 Å². The van der Waals surface area contributed by atoms with E-state index in [0.717, 1.165) is 0 Å². The van der Waals surface area contributed by atoms with E-state index in [1.165, 1.54) is 0 Å². The number of rotatable bonds is 2. The van der Waals surface area contributed by atoms with Gasteiger partial charge in [0.2, 0.25) is 5.91 Å². The van der Waals surface area contributed by atoms with Crippen LogP contribution in [-0.4, -0.2) is 28.0 Å². The van der Waals surface area contributed by atoms with Gasteiger partial charge in [-0.15, -0.1) is 0 Å². The molecule has 0 aromatic carbocycles. The van der Waals surface area contributed by atoms with Gasteiger partial charge in [0, 0.05) is 23.7 Å². The Morgan fingerprint density at radius 2 is 2.38 bits per heavy atom. The van der Waals surface area contributed by atoms with E-state index in [4.69, 9.17) is 5.11 Å². The monoisotopic (exact) mass is 220 g/mol. The summed E-state index contributed by atoms with van der Waals surface area (Å²) in [7, 11) is 0. The number of carboxylic acids is 1. The van der Waals surface area contributed by atoms with Crippen molar-refractivity contribution < 1.29 is 14.7 Å². The molecule has 0 radical (unpaired) electrons. The molecule has 0 bridgehead atoms. The second-order valence-corrected chi connectivity index (χ2v) is 4.15. The zero-order valence-electron chi connectivity index (χ0n) is 8.80. The van der Waals surface area contributed by atoms with Crippen LogP contribution >= 0.6 is 0 Å². The van der Waals surface area contributed by atoms with Crippen LogP contribution < -0.4 is 5.32 Å². The molecule has 0 saturated carbocycles. The highest BCUT2D eigenvalue weighted by molar-refractivity contribution is 5.90. The minimum absolute atomic E-state index is 0.154. The van der Waals surface area contributed by atoms with E-state index in [0.29, 0.717) is 5.69 Å². The Bertz CT molecular complexity index is 432. The molecule has 1 aromatic rings. The van der Waals surface area contributed by atoms with Gasteiger partial charge in [0.25, 0.3) is 0 Å². The van der Waals surface area contributed by atoms with E-state index in [-0.39, 0.29) is 12.3 Å². The summed E-state index contributed by atoms with van der Waals surface area (Å²) in [4.78, 5) is 26.6. The lowest BCUT2D eigenvalue weighted by molar-refractivity contribution is -0.141. The van der Waals surface area contributed by atoms with Crippen LogP contribution in [0.25, 0.3) is 0 Å². The van der Waals surface area contributed by atoms with Crippen molar-refractivity contribution in [2.75, 3.05) is 0 Å². The molecule has 2 atom stereocenters. The number of aromatic nitrogens is 1. The van der Waals surface area contributed by atoms with Crippen molar-refractivity contribution in [2.24, 2.45) is 0 Å². The van der Waals surface area contributed by atoms with Crippen LogP contribution in [0.5, 0.6) is 0 Å². The Kier molecular flexibility index (Phi) is 2.38. The van der Waals surface area contributed by atoms with Gasteiger partial charge in [-0.2, -0.15) is 0 Å². The third-order valence-electron chi connectivity index (χ3n) is 2.97. The summed E-state index contributed by atoms with van der Waals surface area (Å²) in [6.07, 6.45) is 1.75. The van der Waals surface area contributed by atoms with Gasteiger partial charge < -0.3 is 10.4 Å². The number of carbonyl (C=O) groups excluding carboxylic acids is 1. The quantitative estimate of drug-likeness (QED) is 0.751. The molecule has 2 rings (SSSR count). The molecule has 2 unspecified atom stereocenters. The number of hydrogen-bond acceptors (Lipinski definition) is 3. The fourth-order valence-corrected chi connectivity index (χ4v) is 2.08. The normalized spacial score (nSPS) is 28.8. The van der Waals surface area contributed by atoms with Gasteiger partial charge >= 0.3 is 5.97 Å². The van der Waals surface area contributed by atoms with Crippen LogP contribution in [0, 0.1) is 0 Å². The molecule has 2 heterocycles. The van der Waals surface area contributed by atoms with Gasteiger partial charge in [-0.05, 0) is 12.1 Å². The van der Waals surface area contributed by atoms with Crippen molar-refractivity contribution in [1.29, 1.82) is 0 Å². The minimum Gasteiger partial charge on any atom is -0.480 e. The third kappa shape index (κ3) is 1.54. The summed E-state index contributed by atoms with van der Waals surface area (Å²) < 4.78 is 0. The Morgan fingerprint density at radius 3 is 2.94 bits per heavy atom. The van der Waals surface area contributed by atoms with E-state index in [2.05, 4.69) is 10.3 Å². The van der Waals surface area contributed by atoms with Crippen LogP contribution in [0.2, 0.25) is 0 Å². The standard InChI is InChI=1S/C11H12N2O3/c1-11(7-4-2-3-5-12-7)6-8(14)13-9(11)10(15)16/h2-5,9H,6H2,1H3,(H,13,14)(H,15,16). The van der Waals surface area contributed by atoms with Crippen molar-refractivity contribution in [1.82, 2.24) is 10.3 Å². The highest BCUT2D eigenvalue weighted by Crippen LogP contribution is 2.34. The zero-order chi connectivity index (χ0) is 11.8. The van der Waals surface area contributed by atoms with Crippen LogP contribution in [0.1, 0.15) is 19.0 Å². The average molecular weight is 220 g/mol. The van der Waals surface area contributed by atoms with Crippen molar-refractivity contribution in [3.63, 3.8) is 0 Å². The average Bonchev–Trinajstić information content (AvgIpc) is 2.57. The van der Waals surface area contributed by atoms with Crippen molar-refractivity contribution in [3.05, 3.63) is 30.1 Å². The molecule has 2 N–H and O–H groups in total. The van der Waals surface area contributed by atoms with Crippen LogP contribution in [0.15, 0.2) is 24.4 Å². The molecule has 1 saturated heterocycles. The summed E-state index contributed by atoms with van der Waals surface area (Å²) >= 11 is 0. The molecule has 0 spiro atoms. The summed E-state index contributed by atoms with van der Waals surface area (Å²) in [5.74, 6) is -1.28. The summed E-state index contributed by atoms with van der Waals surface area (Å²) in [6.45, 7) is 1.74. The predicted octanol–water partition coefficient (Wildman–Crippen LogP) is 0.312. The molecule has 1 aliphatic rings. The van der Waals surface area contributed by atoms with Gasteiger partial charge in [0.1, 0.15) is 6.04 Å². The van der Waals surface area contributed by atoms with E-state index in [9.17, 15) is 9.59 Å². The Morgan fingerprint density at radius 1 is 1.62 bits per heavy atom. The number of aliphatic carboxylic acids is 1. The Hall–Kier alpha value is -1.91. The molecule has 1 aromatic heterocycles.